The standard InChI is InChI=1S/C16H20FNO4/c1-10-7-8-18(14(9-10)16(20)21)15(19)11(2)22-13-5-3-12(17)4-6-13/h3-6,10-11,14H,7-9H2,1-2H3,(H,20,21). The van der Waals surface area contributed by atoms with Crippen LogP contribution in [0.2, 0.25) is 0 Å². The summed E-state index contributed by atoms with van der Waals surface area (Å²) in [6.45, 7) is 3.97. The summed E-state index contributed by atoms with van der Waals surface area (Å²) in [4.78, 5) is 25.2. The maximum Gasteiger partial charge on any atom is 0.326 e. The summed E-state index contributed by atoms with van der Waals surface area (Å²) in [6, 6.07) is 4.55. The molecule has 2 rings (SSSR count). The van der Waals surface area contributed by atoms with Crippen molar-refractivity contribution >= 4 is 11.9 Å². The lowest BCUT2D eigenvalue weighted by Crippen LogP contribution is -2.53. The number of carboxylic acids is 1. The van der Waals surface area contributed by atoms with E-state index in [4.69, 9.17) is 4.74 Å². The van der Waals surface area contributed by atoms with Crippen molar-refractivity contribution in [1.82, 2.24) is 4.90 Å². The number of hydrogen-bond donors (Lipinski definition) is 1. The highest BCUT2D eigenvalue weighted by molar-refractivity contribution is 5.86. The van der Waals surface area contributed by atoms with Gasteiger partial charge in [-0.1, -0.05) is 6.92 Å². The molecule has 0 bridgehead atoms. The molecule has 0 aliphatic carbocycles. The fourth-order valence-electron chi connectivity index (χ4n) is 2.64. The number of likely N-dealkylation sites (tertiary alicyclic amines) is 1. The van der Waals surface area contributed by atoms with E-state index < -0.39 is 18.1 Å². The van der Waals surface area contributed by atoms with Crippen molar-refractivity contribution in [2.24, 2.45) is 5.92 Å². The predicted molar refractivity (Wildman–Crippen MR) is 78.0 cm³/mol. The average molecular weight is 309 g/mol. The molecule has 1 amide bonds. The van der Waals surface area contributed by atoms with Crippen molar-refractivity contribution in [3.8, 4) is 5.75 Å². The highest BCUT2D eigenvalue weighted by Gasteiger charge is 2.37. The molecular weight excluding hydrogens is 289 g/mol. The lowest BCUT2D eigenvalue weighted by molar-refractivity contribution is -0.156. The van der Waals surface area contributed by atoms with Crippen LogP contribution in [-0.4, -0.2) is 40.6 Å². The molecule has 1 aliphatic heterocycles. The van der Waals surface area contributed by atoms with Gasteiger partial charge in [-0.05, 0) is 49.9 Å². The number of nitrogens with zero attached hydrogens (tertiary/aromatic N) is 1. The summed E-state index contributed by atoms with van der Waals surface area (Å²) in [7, 11) is 0. The Balaban J connectivity index is 2.05. The topological polar surface area (TPSA) is 66.8 Å². The molecule has 1 N–H and O–H groups in total. The number of ether oxygens (including phenoxy) is 1. The first-order chi connectivity index (χ1) is 10.4. The van der Waals surface area contributed by atoms with Crippen LogP contribution < -0.4 is 4.74 Å². The minimum absolute atomic E-state index is 0.276. The van der Waals surface area contributed by atoms with Crippen LogP contribution in [0.1, 0.15) is 26.7 Å². The summed E-state index contributed by atoms with van der Waals surface area (Å²) in [5.74, 6) is -1.09. The Morgan fingerprint density at radius 1 is 1.36 bits per heavy atom. The molecule has 6 heteroatoms. The quantitative estimate of drug-likeness (QED) is 0.927. The molecule has 0 aromatic heterocycles. The zero-order valence-corrected chi connectivity index (χ0v) is 12.7. The summed E-state index contributed by atoms with van der Waals surface area (Å²) in [5, 5.41) is 9.30. The van der Waals surface area contributed by atoms with E-state index in [1.807, 2.05) is 6.92 Å². The van der Waals surface area contributed by atoms with Crippen LogP contribution in [0.5, 0.6) is 5.75 Å². The van der Waals surface area contributed by atoms with Gasteiger partial charge in [0.25, 0.3) is 5.91 Å². The second-order valence-electron chi connectivity index (χ2n) is 5.73. The van der Waals surface area contributed by atoms with Gasteiger partial charge in [0.15, 0.2) is 6.10 Å². The van der Waals surface area contributed by atoms with Gasteiger partial charge in [0.1, 0.15) is 17.6 Å². The van der Waals surface area contributed by atoms with Gasteiger partial charge in [0, 0.05) is 6.54 Å². The molecule has 0 spiro atoms. The summed E-state index contributed by atoms with van der Waals surface area (Å²) in [5.41, 5.74) is 0. The Morgan fingerprint density at radius 2 is 2.00 bits per heavy atom. The number of aliphatic carboxylic acids is 1. The summed E-state index contributed by atoms with van der Waals surface area (Å²) >= 11 is 0. The maximum atomic E-state index is 12.9. The number of halogens is 1. The number of carbonyl (C=O) groups is 2. The molecule has 1 fully saturated rings. The first-order valence-corrected chi connectivity index (χ1v) is 7.34. The molecule has 1 heterocycles. The van der Waals surface area contributed by atoms with E-state index in [0.29, 0.717) is 18.7 Å². The molecule has 1 saturated heterocycles. The third-order valence-electron chi connectivity index (χ3n) is 3.91. The first-order valence-electron chi connectivity index (χ1n) is 7.34. The SMILES string of the molecule is CC1CCN(C(=O)C(C)Oc2ccc(F)cc2)C(C(=O)O)C1. The Hall–Kier alpha value is -2.11. The van der Waals surface area contributed by atoms with E-state index in [1.165, 1.54) is 29.2 Å². The molecule has 1 aliphatic rings. The Labute approximate surface area is 128 Å². The molecule has 0 saturated carbocycles. The fourth-order valence-corrected chi connectivity index (χ4v) is 2.64. The lowest BCUT2D eigenvalue weighted by atomic mass is 9.92. The molecule has 0 radical (unpaired) electrons. The van der Waals surface area contributed by atoms with Gasteiger partial charge < -0.3 is 14.7 Å². The Morgan fingerprint density at radius 3 is 2.59 bits per heavy atom. The van der Waals surface area contributed by atoms with Crippen molar-refractivity contribution in [2.45, 2.75) is 38.8 Å². The number of piperidine rings is 1. The van der Waals surface area contributed by atoms with Crippen molar-refractivity contribution in [3.63, 3.8) is 0 Å². The third-order valence-corrected chi connectivity index (χ3v) is 3.91. The Bertz CT molecular complexity index is 546. The zero-order chi connectivity index (χ0) is 16.3. The number of rotatable bonds is 4. The van der Waals surface area contributed by atoms with E-state index in [2.05, 4.69) is 0 Å². The molecule has 22 heavy (non-hydrogen) atoms. The molecule has 3 atom stereocenters. The number of hydrogen-bond acceptors (Lipinski definition) is 3. The highest BCUT2D eigenvalue weighted by atomic mass is 19.1. The van der Waals surface area contributed by atoms with Gasteiger partial charge in [0.2, 0.25) is 0 Å². The van der Waals surface area contributed by atoms with E-state index in [1.54, 1.807) is 6.92 Å². The largest absolute Gasteiger partial charge is 0.481 e. The van der Waals surface area contributed by atoms with Crippen molar-refractivity contribution in [3.05, 3.63) is 30.1 Å². The third kappa shape index (κ3) is 3.75. The lowest BCUT2D eigenvalue weighted by Gasteiger charge is -2.37. The fraction of sp³-hybridized carbons (Fsp3) is 0.500. The van der Waals surface area contributed by atoms with Crippen LogP contribution in [-0.2, 0) is 9.59 Å². The number of carbonyl (C=O) groups excluding carboxylic acids is 1. The highest BCUT2D eigenvalue weighted by Crippen LogP contribution is 2.24. The molecule has 1 aromatic rings. The average Bonchev–Trinajstić information content (AvgIpc) is 2.48. The summed E-state index contributed by atoms with van der Waals surface area (Å²) in [6.07, 6.45) is 0.407. The van der Waals surface area contributed by atoms with Crippen molar-refractivity contribution < 1.29 is 23.8 Å². The first kappa shape index (κ1) is 16.3. The smallest absolute Gasteiger partial charge is 0.326 e. The van der Waals surface area contributed by atoms with E-state index in [-0.39, 0.29) is 17.6 Å². The maximum absolute atomic E-state index is 12.9. The van der Waals surface area contributed by atoms with Gasteiger partial charge in [-0.15, -0.1) is 0 Å². The van der Waals surface area contributed by atoms with Crippen LogP contribution in [0.3, 0.4) is 0 Å². The minimum Gasteiger partial charge on any atom is -0.481 e. The molecular formula is C16H20FNO4. The zero-order valence-electron chi connectivity index (χ0n) is 12.7. The Kier molecular flexibility index (Phi) is 5.00. The van der Waals surface area contributed by atoms with Crippen LogP contribution in [0.25, 0.3) is 0 Å². The second-order valence-corrected chi connectivity index (χ2v) is 5.73. The van der Waals surface area contributed by atoms with Gasteiger partial charge in [0.05, 0.1) is 0 Å². The monoisotopic (exact) mass is 309 g/mol. The number of carboxylic acid groups (broad SMARTS) is 1. The van der Waals surface area contributed by atoms with E-state index >= 15 is 0 Å². The van der Waals surface area contributed by atoms with Crippen LogP contribution in [0.4, 0.5) is 4.39 Å². The second kappa shape index (κ2) is 6.77. The molecule has 5 nitrogen and oxygen atoms in total. The van der Waals surface area contributed by atoms with Crippen molar-refractivity contribution in [2.75, 3.05) is 6.54 Å². The van der Waals surface area contributed by atoms with E-state index in [9.17, 15) is 19.1 Å². The van der Waals surface area contributed by atoms with Crippen LogP contribution >= 0.6 is 0 Å². The van der Waals surface area contributed by atoms with Gasteiger partial charge in [-0.25, -0.2) is 9.18 Å². The van der Waals surface area contributed by atoms with Crippen LogP contribution in [0, 0.1) is 11.7 Å². The van der Waals surface area contributed by atoms with Gasteiger partial charge in [-0.3, -0.25) is 4.79 Å². The van der Waals surface area contributed by atoms with Gasteiger partial charge in [-0.2, -0.15) is 0 Å². The predicted octanol–water partition coefficient (Wildman–Crippen LogP) is 2.30. The normalized spacial score (nSPS) is 23.0. The van der Waals surface area contributed by atoms with Gasteiger partial charge >= 0.3 is 5.97 Å². The van der Waals surface area contributed by atoms with Crippen LogP contribution in [0.15, 0.2) is 24.3 Å². The molecule has 3 unspecified atom stereocenters. The summed E-state index contributed by atoms with van der Waals surface area (Å²) < 4.78 is 18.3. The number of amides is 1. The molecule has 1 aromatic carbocycles. The van der Waals surface area contributed by atoms with Crippen molar-refractivity contribution in [1.29, 1.82) is 0 Å². The van der Waals surface area contributed by atoms with E-state index in [0.717, 1.165) is 6.42 Å². The minimum atomic E-state index is -0.992. The molecule has 120 valence electrons. The number of benzene rings is 1.